The van der Waals surface area contributed by atoms with E-state index in [0.717, 1.165) is 16.9 Å². The van der Waals surface area contributed by atoms with Gasteiger partial charge in [-0.05, 0) is 31.9 Å². The van der Waals surface area contributed by atoms with Crippen molar-refractivity contribution in [3.63, 3.8) is 0 Å². The lowest BCUT2D eigenvalue weighted by Gasteiger charge is -2.39. The van der Waals surface area contributed by atoms with Gasteiger partial charge in [-0.15, -0.1) is 0 Å². The number of piperidine rings is 1. The van der Waals surface area contributed by atoms with Crippen LogP contribution in [0.5, 0.6) is 0 Å². The summed E-state index contributed by atoms with van der Waals surface area (Å²) >= 11 is 0. The topological polar surface area (TPSA) is 80.0 Å². The Kier molecular flexibility index (Phi) is 6.03. The molecule has 1 spiro atoms. The van der Waals surface area contributed by atoms with Crippen molar-refractivity contribution < 1.29 is 26.7 Å². The third-order valence-electron chi connectivity index (χ3n) is 7.15. The van der Waals surface area contributed by atoms with Gasteiger partial charge in [0.15, 0.2) is 5.65 Å². The molecule has 0 radical (unpaired) electrons. The smallest absolute Gasteiger partial charge is 0.355 e. The van der Waals surface area contributed by atoms with E-state index < -0.39 is 30.8 Å². The Labute approximate surface area is 203 Å². The first kappa shape index (κ1) is 24.3. The number of hydrogen-bond donors (Lipinski definition) is 0. The number of fused-ring (bicyclic) bond motifs is 1. The van der Waals surface area contributed by atoms with Gasteiger partial charge in [0.2, 0.25) is 5.91 Å². The van der Waals surface area contributed by atoms with Crippen LogP contribution in [-0.2, 0) is 17.5 Å². The third kappa shape index (κ3) is 4.58. The van der Waals surface area contributed by atoms with E-state index in [-0.39, 0.29) is 11.3 Å². The van der Waals surface area contributed by atoms with Crippen molar-refractivity contribution >= 4 is 22.9 Å². The summed E-state index contributed by atoms with van der Waals surface area (Å²) in [4.78, 5) is 29.4. The molecule has 5 heterocycles. The first-order valence-corrected chi connectivity index (χ1v) is 11.6. The highest BCUT2D eigenvalue weighted by molar-refractivity contribution is 5.80. The monoisotopic (exact) mass is 509 g/mol. The zero-order valence-electron chi connectivity index (χ0n) is 19.4. The second-order valence-corrected chi connectivity index (χ2v) is 9.49. The Morgan fingerprint density at radius 3 is 2.47 bits per heavy atom. The van der Waals surface area contributed by atoms with Gasteiger partial charge in [-0.1, -0.05) is 0 Å². The number of anilines is 1. The quantitative estimate of drug-likeness (QED) is 0.483. The summed E-state index contributed by atoms with van der Waals surface area (Å²) in [7, 11) is 0. The molecule has 8 nitrogen and oxygen atoms in total. The molecule has 3 aromatic heterocycles. The molecule has 0 aromatic carbocycles. The molecule has 13 heteroatoms. The van der Waals surface area contributed by atoms with E-state index in [1.54, 1.807) is 18.0 Å². The van der Waals surface area contributed by atoms with E-state index in [9.17, 15) is 26.7 Å². The number of pyridine rings is 1. The average Bonchev–Trinajstić information content (AvgIpc) is 3.38. The predicted octanol–water partition coefficient (Wildman–Crippen LogP) is 4.09. The Hall–Kier alpha value is -3.38. The molecule has 2 aliphatic heterocycles. The van der Waals surface area contributed by atoms with Crippen molar-refractivity contribution in [2.24, 2.45) is 5.41 Å². The van der Waals surface area contributed by atoms with Crippen molar-refractivity contribution in [3.8, 4) is 0 Å². The highest BCUT2D eigenvalue weighted by atomic mass is 19.4. The van der Waals surface area contributed by atoms with Crippen LogP contribution < -0.4 is 4.90 Å². The minimum Gasteiger partial charge on any atom is -0.355 e. The number of alkyl halides is 5. The van der Waals surface area contributed by atoms with Gasteiger partial charge in [0.25, 0.3) is 6.43 Å². The van der Waals surface area contributed by atoms with Crippen LogP contribution in [0, 0.1) is 5.41 Å². The van der Waals surface area contributed by atoms with Gasteiger partial charge in [-0.25, -0.2) is 23.4 Å². The van der Waals surface area contributed by atoms with Gasteiger partial charge in [0, 0.05) is 37.7 Å². The van der Waals surface area contributed by atoms with Crippen LogP contribution in [0.3, 0.4) is 0 Å². The van der Waals surface area contributed by atoms with E-state index in [4.69, 9.17) is 0 Å². The van der Waals surface area contributed by atoms with Crippen molar-refractivity contribution in [3.05, 3.63) is 42.0 Å². The third-order valence-corrected chi connectivity index (χ3v) is 7.15. The summed E-state index contributed by atoms with van der Waals surface area (Å²) in [6.07, 6.45) is -1.45. The Morgan fingerprint density at radius 1 is 1.08 bits per heavy atom. The molecule has 2 saturated heterocycles. The Balaban J connectivity index is 1.26. The number of carbonyl (C=O) groups is 1. The fourth-order valence-electron chi connectivity index (χ4n) is 5.06. The number of rotatable bonds is 5. The van der Waals surface area contributed by atoms with Crippen molar-refractivity contribution in [1.29, 1.82) is 0 Å². The maximum atomic E-state index is 12.9. The summed E-state index contributed by atoms with van der Waals surface area (Å²) in [5.74, 6) is 0.520. The minimum atomic E-state index is -4.46. The van der Waals surface area contributed by atoms with Gasteiger partial charge in [0.1, 0.15) is 17.9 Å². The SMILES string of the molecule is CC(c1ccc(C(F)(F)F)cn1)N1CC2(CCN(c3cnc4cnn(CC(F)F)c4n3)CC2)CC1=O. The van der Waals surface area contributed by atoms with Crippen molar-refractivity contribution in [1.82, 2.24) is 29.6 Å². The molecule has 0 aliphatic carbocycles. The molecule has 0 N–H and O–H groups in total. The molecule has 1 amide bonds. The lowest BCUT2D eigenvalue weighted by Crippen LogP contribution is -2.42. The lowest BCUT2D eigenvalue weighted by atomic mass is 9.77. The molecular formula is C23H24F5N7O. The number of likely N-dealkylation sites (tertiary alicyclic amines) is 1. The molecule has 36 heavy (non-hydrogen) atoms. The van der Waals surface area contributed by atoms with Crippen LogP contribution >= 0.6 is 0 Å². The predicted molar refractivity (Wildman–Crippen MR) is 119 cm³/mol. The highest BCUT2D eigenvalue weighted by Gasteiger charge is 2.46. The minimum absolute atomic E-state index is 0.0465. The van der Waals surface area contributed by atoms with Crippen LogP contribution in [0.1, 0.15) is 43.5 Å². The molecule has 5 rings (SSSR count). The Bertz CT molecular complexity index is 1250. The van der Waals surface area contributed by atoms with Gasteiger partial charge < -0.3 is 9.80 Å². The average molecular weight is 509 g/mol. The van der Waals surface area contributed by atoms with Gasteiger partial charge in [0.05, 0.1) is 29.7 Å². The molecule has 0 saturated carbocycles. The fourth-order valence-corrected chi connectivity index (χ4v) is 5.06. The molecule has 192 valence electrons. The molecule has 1 atom stereocenters. The standard InChI is InChI=1S/C23H24F5N7O/c1-14(16-3-2-15(9-29-16)23(26,27)28)34-13-22(8-20(34)36)4-6-33(7-5-22)19-11-30-17-10-31-35(12-18(24)25)21(17)32-19/h2-3,9-11,14,18H,4-8,12-13H2,1H3. The largest absolute Gasteiger partial charge is 0.417 e. The maximum absolute atomic E-state index is 12.9. The first-order chi connectivity index (χ1) is 17.0. The van der Waals surface area contributed by atoms with Gasteiger partial charge in [-0.2, -0.15) is 18.3 Å². The van der Waals surface area contributed by atoms with Crippen LogP contribution in [0.4, 0.5) is 27.8 Å². The molecule has 1 unspecified atom stereocenters. The molecule has 2 aliphatic rings. The summed E-state index contributed by atoms with van der Waals surface area (Å²) in [5, 5.41) is 3.94. The van der Waals surface area contributed by atoms with Gasteiger partial charge in [-0.3, -0.25) is 9.78 Å². The summed E-state index contributed by atoms with van der Waals surface area (Å²) in [5.41, 5.74) is 0.0790. The molecule has 3 aromatic rings. The number of amides is 1. The van der Waals surface area contributed by atoms with Gasteiger partial charge >= 0.3 is 6.18 Å². The van der Waals surface area contributed by atoms with Crippen molar-refractivity contribution in [2.45, 2.75) is 51.4 Å². The molecular weight excluding hydrogens is 485 g/mol. The number of nitrogens with zero attached hydrogens (tertiary/aromatic N) is 7. The summed E-state index contributed by atoms with van der Waals surface area (Å²) < 4.78 is 65.4. The van der Waals surface area contributed by atoms with E-state index in [0.29, 0.717) is 61.6 Å². The number of halogens is 5. The highest BCUT2D eigenvalue weighted by Crippen LogP contribution is 2.44. The lowest BCUT2D eigenvalue weighted by molar-refractivity contribution is -0.138. The fraction of sp³-hybridized carbons (Fsp3) is 0.522. The van der Waals surface area contributed by atoms with E-state index in [1.807, 2.05) is 4.90 Å². The molecule has 2 fully saturated rings. The first-order valence-electron chi connectivity index (χ1n) is 11.6. The molecule has 0 bridgehead atoms. The Morgan fingerprint density at radius 2 is 1.83 bits per heavy atom. The zero-order chi connectivity index (χ0) is 25.7. The number of hydrogen-bond acceptors (Lipinski definition) is 6. The normalized spacial score (nSPS) is 19.1. The second-order valence-electron chi connectivity index (χ2n) is 9.49. The van der Waals surface area contributed by atoms with E-state index in [2.05, 4.69) is 20.1 Å². The van der Waals surface area contributed by atoms with E-state index >= 15 is 0 Å². The summed E-state index contributed by atoms with van der Waals surface area (Å²) in [6, 6.07) is 1.86. The van der Waals surface area contributed by atoms with Crippen LogP contribution in [0.25, 0.3) is 11.2 Å². The number of aromatic nitrogens is 5. The van der Waals surface area contributed by atoms with Crippen LogP contribution in [-0.4, -0.2) is 61.6 Å². The zero-order valence-corrected chi connectivity index (χ0v) is 19.4. The second kappa shape index (κ2) is 8.93. The number of carbonyl (C=O) groups excluding carboxylic acids is 1. The summed E-state index contributed by atoms with van der Waals surface area (Å²) in [6.45, 7) is 2.92. The van der Waals surface area contributed by atoms with Crippen LogP contribution in [0.15, 0.2) is 30.7 Å². The van der Waals surface area contributed by atoms with E-state index in [1.165, 1.54) is 12.3 Å². The van der Waals surface area contributed by atoms with Crippen LogP contribution in [0.2, 0.25) is 0 Å². The maximum Gasteiger partial charge on any atom is 0.417 e. The van der Waals surface area contributed by atoms with Crippen molar-refractivity contribution in [2.75, 3.05) is 24.5 Å².